The maximum absolute atomic E-state index is 14.0. The van der Waals surface area contributed by atoms with Crippen LogP contribution in [-0.4, -0.2) is 19.2 Å². The predicted octanol–water partition coefficient (Wildman–Crippen LogP) is 3.08. The fraction of sp³-hybridized carbons (Fsp3) is 0.417. The second-order valence-corrected chi connectivity index (χ2v) is 4.45. The molecule has 1 amide bonds. The first-order valence-electron chi connectivity index (χ1n) is 5.79. The quantitative estimate of drug-likeness (QED) is 0.828. The summed E-state index contributed by atoms with van der Waals surface area (Å²) in [5, 5.41) is 5.58. The highest BCUT2D eigenvalue weighted by molar-refractivity contribution is 6.31. The highest BCUT2D eigenvalue weighted by atomic mass is 35.5. The SMILES string of the molecule is CCCNCC1OC(=O)Nc2ccc(Cl)c(F)c21. The zero-order valence-electron chi connectivity index (χ0n) is 9.93. The Labute approximate surface area is 109 Å². The van der Waals surface area contributed by atoms with Gasteiger partial charge in [-0.2, -0.15) is 0 Å². The van der Waals surface area contributed by atoms with Crippen molar-refractivity contribution in [2.45, 2.75) is 19.4 Å². The molecule has 1 aliphatic rings. The van der Waals surface area contributed by atoms with E-state index in [9.17, 15) is 9.18 Å². The third-order valence-electron chi connectivity index (χ3n) is 2.70. The summed E-state index contributed by atoms with van der Waals surface area (Å²) in [4.78, 5) is 11.3. The van der Waals surface area contributed by atoms with Gasteiger partial charge in [-0.1, -0.05) is 18.5 Å². The van der Waals surface area contributed by atoms with Crippen molar-refractivity contribution >= 4 is 23.4 Å². The normalized spacial score (nSPS) is 17.9. The van der Waals surface area contributed by atoms with Gasteiger partial charge in [0.15, 0.2) is 5.82 Å². The molecule has 0 radical (unpaired) electrons. The van der Waals surface area contributed by atoms with Crippen LogP contribution in [0.5, 0.6) is 0 Å². The van der Waals surface area contributed by atoms with Gasteiger partial charge in [-0.15, -0.1) is 0 Å². The molecule has 0 saturated heterocycles. The minimum atomic E-state index is -0.654. The number of carbonyl (C=O) groups is 1. The maximum atomic E-state index is 14.0. The van der Waals surface area contributed by atoms with E-state index < -0.39 is 18.0 Å². The Morgan fingerprint density at radius 1 is 1.56 bits per heavy atom. The van der Waals surface area contributed by atoms with Gasteiger partial charge in [0, 0.05) is 6.54 Å². The highest BCUT2D eigenvalue weighted by Gasteiger charge is 2.30. The fourth-order valence-corrected chi connectivity index (χ4v) is 2.04. The second kappa shape index (κ2) is 5.54. The predicted molar refractivity (Wildman–Crippen MR) is 67.4 cm³/mol. The Balaban J connectivity index is 2.28. The number of hydrogen-bond donors (Lipinski definition) is 2. The molecule has 0 aromatic heterocycles. The molecule has 4 nitrogen and oxygen atoms in total. The molecule has 1 aromatic rings. The molecule has 1 aromatic carbocycles. The summed E-state index contributed by atoms with van der Waals surface area (Å²) in [5.41, 5.74) is 0.710. The Bertz CT molecular complexity index is 468. The van der Waals surface area contributed by atoms with Crippen LogP contribution < -0.4 is 10.6 Å². The molecule has 18 heavy (non-hydrogen) atoms. The summed E-state index contributed by atoms with van der Waals surface area (Å²) in [6, 6.07) is 2.99. The van der Waals surface area contributed by atoms with E-state index in [2.05, 4.69) is 10.6 Å². The second-order valence-electron chi connectivity index (χ2n) is 4.05. The van der Waals surface area contributed by atoms with Crippen LogP contribution in [0.1, 0.15) is 25.0 Å². The fourth-order valence-electron chi connectivity index (χ4n) is 1.87. The van der Waals surface area contributed by atoms with E-state index in [1.807, 2.05) is 6.92 Å². The molecule has 2 N–H and O–H groups in total. The molecule has 0 spiro atoms. The zero-order chi connectivity index (χ0) is 13.1. The Hall–Kier alpha value is -1.33. The molecule has 1 atom stereocenters. The lowest BCUT2D eigenvalue weighted by Crippen LogP contribution is -2.32. The Morgan fingerprint density at radius 3 is 3.06 bits per heavy atom. The van der Waals surface area contributed by atoms with Crippen molar-refractivity contribution in [3.05, 3.63) is 28.5 Å². The standard InChI is InChI=1S/C12H14ClFN2O2/c1-2-5-15-6-9-10-8(16-12(17)18-9)4-3-7(13)11(10)14/h3-4,9,15H,2,5-6H2,1H3,(H,16,17). The van der Waals surface area contributed by atoms with Crippen LogP contribution in [0, 0.1) is 5.82 Å². The van der Waals surface area contributed by atoms with Gasteiger partial charge in [-0.25, -0.2) is 9.18 Å². The van der Waals surface area contributed by atoms with E-state index in [-0.39, 0.29) is 5.02 Å². The van der Waals surface area contributed by atoms with Crippen LogP contribution >= 0.6 is 11.6 Å². The van der Waals surface area contributed by atoms with Gasteiger partial charge in [0.05, 0.1) is 16.3 Å². The molecule has 0 bridgehead atoms. The average molecular weight is 273 g/mol. The van der Waals surface area contributed by atoms with Crippen molar-refractivity contribution < 1.29 is 13.9 Å². The summed E-state index contributed by atoms with van der Waals surface area (Å²) >= 11 is 5.74. The smallest absolute Gasteiger partial charge is 0.412 e. The number of hydrogen-bond acceptors (Lipinski definition) is 3. The number of halogens is 2. The summed E-state index contributed by atoms with van der Waals surface area (Å²) in [5.74, 6) is -0.544. The van der Waals surface area contributed by atoms with Gasteiger partial charge in [0.2, 0.25) is 0 Å². The van der Waals surface area contributed by atoms with Crippen LogP contribution in [0.2, 0.25) is 5.02 Å². The van der Waals surface area contributed by atoms with Crippen LogP contribution in [-0.2, 0) is 4.74 Å². The third-order valence-corrected chi connectivity index (χ3v) is 2.99. The minimum Gasteiger partial charge on any atom is -0.440 e. The van der Waals surface area contributed by atoms with Gasteiger partial charge in [-0.05, 0) is 25.1 Å². The molecular weight excluding hydrogens is 259 g/mol. The van der Waals surface area contributed by atoms with Crippen LogP contribution in [0.3, 0.4) is 0 Å². The molecule has 0 aliphatic carbocycles. The first-order valence-corrected chi connectivity index (χ1v) is 6.17. The molecular formula is C12H14ClFN2O2. The molecule has 2 rings (SSSR count). The van der Waals surface area contributed by atoms with E-state index in [0.29, 0.717) is 17.8 Å². The summed E-state index contributed by atoms with van der Waals surface area (Å²) < 4.78 is 19.1. The number of anilines is 1. The van der Waals surface area contributed by atoms with E-state index in [0.717, 1.165) is 13.0 Å². The van der Waals surface area contributed by atoms with Crippen LogP contribution in [0.25, 0.3) is 0 Å². The number of benzene rings is 1. The minimum absolute atomic E-state index is 0.0222. The van der Waals surface area contributed by atoms with E-state index >= 15 is 0 Å². The monoisotopic (exact) mass is 272 g/mol. The number of cyclic esters (lactones) is 1. The number of nitrogens with one attached hydrogen (secondary N) is 2. The summed E-state index contributed by atoms with van der Waals surface area (Å²) in [6.45, 7) is 3.16. The third kappa shape index (κ3) is 2.57. The van der Waals surface area contributed by atoms with Crippen LogP contribution in [0.15, 0.2) is 12.1 Å². The van der Waals surface area contributed by atoms with Crippen molar-refractivity contribution in [2.24, 2.45) is 0 Å². The highest BCUT2D eigenvalue weighted by Crippen LogP contribution is 2.35. The molecule has 0 fully saturated rings. The van der Waals surface area contributed by atoms with Crippen LogP contribution in [0.4, 0.5) is 14.9 Å². The molecule has 0 saturated carbocycles. The number of carbonyl (C=O) groups excluding carboxylic acids is 1. The molecule has 6 heteroatoms. The number of amides is 1. The van der Waals surface area contributed by atoms with E-state index in [1.54, 1.807) is 6.07 Å². The number of rotatable bonds is 4. The van der Waals surface area contributed by atoms with Gasteiger partial charge < -0.3 is 10.1 Å². The Morgan fingerprint density at radius 2 is 2.33 bits per heavy atom. The van der Waals surface area contributed by atoms with Gasteiger partial charge in [0.1, 0.15) is 6.10 Å². The Kier molecular flexibility index (Phi) is 4.04. The topological polar surface area (TPSA) is 50.4 Å². The first-order chi connectivity index (χ1) is 8.63. The molecule has 98 valence electrons. The van der Waals surface area contributed by atoms with Crippen molar-refractivity contribution in [3.8, 4) is 0 Å². The lowest BCUT2D eigenvalue weighted by molar-refractivity contribution is 0.103. The summed E-state index contributed by atoms with van der Waals surface area (Å²) in [6.07, 6.45) is -0.282. The van der Waals surface area contributed by atoms with Gasteiger partial charge in [0.25, 0.3) is 0 Å². The summed E-state index contributed by atoms with van der Waals surface area (Å²) in [7, 11) is 0. The van der Waals surface area contributed by atoms with Crippen molar-refractivity contribution in [3.63, 3.8) is 0 Å². The lowest BCUT2D eigenvalue weighted by atomic mass is 10.0. The number of fused-ring (bicyclic) bond motifs is 1. The average Bonchev–Trinajstić information content (AvgIpc) is 2.34. The number of ether oxygens (including phenoxy) is 1. The molecule has 1 aliphatic heterocycles. The maximum Gasteiger partial charge on any atom is 0.412 e. The lowest BCUT2D eigenvalue weighted by Gasteiger charge is -2.27. The largest absolute Gasteiger partial charge is 0.440 e. The first kappa shape index (κ1) is 13.1. The molecule has 1 heterocycles. The van der Waals surface area contributed by atoms with Gasteiger partial charge in [-0.3, -0.25) is 5.32 Å². The zero-order valence-corrected chi connectivity index (χ0v) is 10.7. The van der Waals surface area contributed by atoms with Crippen molar-refractivity contribution in [1.82, 2.24) is 5.32 Å². The van der Waals surface area contributed by atoms with Gasteiger partial charge >= 0.3 is 6.09 Å². The van der Waals surface area contributed by atoms with E-state index in [1.165, 1.54) is 6.07 Å². The molecule has 1 unspecified atom stereocenters. The van der Waals surface area contributed by atoms with Crippen molar-refractivity contribution in [2.75, 3.05) is 18.4 Å². The van der Waals surface area contributed by atoms with E-state index in [4.69, 9.17) is 16.3 Å². The van der Waals surface area contributed by atoms with Crippen molar-refractivity contribution in [1.29, 1.82) is 0 Å².